The van der Waals surface area contributed by atoms with Gasteiger partial charge >= 0.3 is 0 Å². The second-order valence-electron chi connectivity index (χ2n) is 7.33. The summed E-state index contributed by atoms with van der Waals surface area (Å²) >= 11 is 0. The molecule has 3 aromatic rings. The van der Waals surface area contributed by atoms with Crippen molar-refractivity contribution in [1.82, 2.24) is 4.90 Å². The maximum Gasteiger partial charge on any atom is 0.255 e. The van der Waals surface area contributed by atoms with E-state index < -0.39 is 0 Å². The minimum Gasteiger partial charge on any atom is -0.496 e. The first kappa shape index (κ1) is 21.3. The topological polar surface area (TPSA) is 71.8 Å². The molecule has 0 atom stereocenters. The molecule has 0 bridgehead atoms. The van der Waals surface area contributed by atoms with Gasteiger partial charge in [0.1, 0.15) is 17.8 Å². The Morgan fingerprint density at radius 3 is 2.53 bits per heavy atom. The van der Waals surface area contributed by atoms with Gasteiger partial charge in [-0.2, -0.15) is 0 Å². The van der Waals surface area contributed by atoms with Crippen molar-refractivity contribution in [2.45, 2.75) is 12.8 Å². The van der Waals surface area contributed by atoms with Gasteiger partial charge in [-0.3, -0.25) is 9.59 Å². The second-order valence-corrected chi connectivity index (χ2v) is 7.33. The number of rotatable bonds is 9. The number of aryl methyl sites for hydroxylation is 1. The van der Waals surface area contributed by atoms with E-state index in [2.05, 4.69) is 10.2 Å². The Labute approximate surface area is 176 Å². The minimum absolute atomic E-state index is 0.180. The Balaban J connectivity index is 1.69. The molecule has 1 amide bonds. The molecule has 0 aliphatic rings. The van der Waals surface area contributed by atoms with Crippen LogP contribution in [0, 0.1) is 0 Å². The zero-order valence-electron chi connectivity index (χ0n) is 17.5. The summed E-state index contributed by atoms with van der Waals surface area (Å²) in [5, 5.41) is 2.92. The fraction of sp³-hybridized carbons (Fsp3) is 0.250. The summed E-state index contributed by atoms with van der Waals surface area (Å²) in [4.78, 5) is 25.7. The lowest BCUT2D eigenvalue weighted by Crippen LogP contribution is -2.14. The molecule has 0 aliphatic carbocycles. The van der Waals surface area contributed by atoms with Crippen LogP contribution in [0.1, 0.15) is 32.7 Å². The van der Waals surface area contributed by atoms with Gasteiger partial charge in [-0.1, -0.05) is 0 Å². The zero-order valence-corrected chi connectivity index (χ0v) is 17.5. The van der Waals surface area contributed by atoms with Crippen LogP contribution < -0.4 is 10.1 Å². The van der Waals surface area contributed by atoms with E-state index in [-0.39, 0.29) is 5.91 Å². The van der Waals surface area contributed by atoms with Crippen molar-refractivity contribution in [3.05, 3.63) is 71.5 Å². The SMILES string of the molecule is COc1ccc(C(=O)Nc2ccc(-c3cc(C=O)co3)cc2)cc1CCCN(C)C. The Morgan fingerprint density at radius 1 is 1.13 bits per heavy atom. The van der Waals surface area contributed by atoms with Gasteiger partial charge in [0.05, 0.1) is 12.7 Å². The number of anilines is 1. The second kappa shape index (κ2) is 9.89. The number of furan rings is 1. The van der Waals surface area contributed by atoms with Crippen LogP contribution in [0.15, 0.2) is 59.2 Å². The number of hydrogen-bond donors (Lipinski definition) is 1. The summed E-state index contributed by atoms with van der Waals surface area (Å²) in [6, 6.07) is 14.5. The molecular weight excluding hydrogens is 380 g/mol. The third kappa shape index (κ3) is 5.36. The number of aldehydes is 1. The summed E-state index contributed by atoms with van der Waals surface area (Å²) in [5.41, 5.74) is 3.60. The molecule has 0 unspecified atom stereocenters. The highest BCUT2D eigenvalue weighted by Crippen LogP contribution is 2.25. The molecule has 156 valence electrons. The normalized spacial score (nSPS) is 10.8. The van der Waals surface area contributed by atoms with E-state index in [9.17, 15) is 9.59 Å². The van der Waals surface area contributed by atoms with Crippen molar-refractivity contribution in [1.29, 1.82) is 0 Å². The lowest BCUT2D eigenvalue weighted by atomic mass is 10.0. The molecule has 3 rings (SSSR count). The van der Waals surface area contributed by atoms with Gasteiger partial charge in [-0.05, 0) is 87.6 Å². The maximum atomic E-state index is 12.7. The number of hydrogen-bond acceptors (Lipinski definition) is 5. The van der Waals surface area contributed by atoms with Crippen LogP contribution in [0.5, 0.6) is 5.75 Å². The number of carbonyl (C=O) groups is 2. The average Bonchev–Trinajstić information content (AvgIpc) is 3.23. The standard InChI is InChI=1S/C24H26N2O4/c1-26(2)12-4-5-19-14-20(8-11-22(19)29-3)24(28)25-21-9-6-18(7-10-21)23-13-17(15-27)16-30-23/h6-11,13-16H,4-5,12H2,1-3H3,(H,25,28). The van der Waals surface area contributed by atoms with Crippen molar-refractivity contribution in [3.8, 4) is 17.1 Å². The van der Waals surface area contributed by atoms with Gasteiger partial charge < -0.3 is 19.4 Å². The van der Waals surface area contributed by atoms with Crippen LogP contribution in [-0.4, -0.2) is 44.8 Å². The van der Waals surface area contributed by atoms with Crippen molar-refractivity contribution in [2.24, 2.45) is 0 Å². The van der Waals surface area contributed by atoms with Crippen molar-refractivity contribution >= 4 is 17.9 Å². The average molecular weight is 406 g/mol. The molecule has 30 heavy (non-hydrogen) atoms. The zero-order chi connectivity index (χ0) is 21.5. The molecule has 1 heterocycles. The van der Waals surface area contributed by atoms with Crippen LogP contribution >= 0.6 is 0 Å². The van der Waals surface area contributed by atoms with Gasteiger partial charge in [0, 0.05) is 16.8 Å². The van der Waals surface area contributed by atoms with Gasteiger partial charge in [0.2, 0.25) is 0 Å². The summed E-state index contributed by atoms with van der Waals surface area (Å²) in [6.07, 6.45) is 3.97. The molecule has 0 saturated heterocycles. The summed E-state index contributed by atoms with van der Waals surface area (Å²) in [6.45, 7) is 0.968. The van der Waals surface area contributed by atoms with E-state index in [0.29, 0.717) is 22.6 Å². The number of methoxy groups -OCH3 is 1. The summed E-state index contributed by atoms with van der Waals surface area (Å²) in [5.74, 6) is 1.22. The predicted molar refractivity (Wildman–Crippen MR) is 117 cm³/mol. The molecule has 6 nitrogen and oxygen atoms in total. The molecule has 1 aromatic heterocycles. The Hall–Kier alpha value is -3.38. The molecule has 2 aromatic carbocycles. The first-order chi connectivity index (χ1) is 14.5. The van der Waals surface area contributed by atoms with Crippen LogP contribution in [0.3, 0.4) is 0 Å². The molecule has 1 N–H and O–H groups in total. The van der Waals surface area contributed by atoms with Crippen LogP contribution in [0.4, 0.5) is 5.69 Å². The van der Waals surface area contributed by atoms with Crippen LogP contribution in [-0.2, 0) is 6.42 Å². The maximum absolute atomic E-state index is 12.7. The lowest BCUT2D eigenvalue weighted by Gasteiger charge is -2.13. The number of nitrogens with one attached hydrogen (secondary N) is 1. The van der Waals surface area contributed by atoms with Gasteiger partial charge in [-0.25, -0.2) is 0 Å². The van der Waals surface area contributed by atoms with E-state index in [4.69, 9.17) is 9.15 Å². The lowest BCUT2D eigenvalue weighted by molar-refractivity contribution is 0.102. The van der Waals surface area contributed by atoms with E-state index in [1.54, 1.807) is 31.4 Å². The Kier molecular flexibility index (Phi) is 7.03. The van der Waals surface area contributed by atoms with E-state index >= 15 is 0 Å². The van der Waals surface area contributed by atoms with Gasteiger partial charge in [0.25, 0.3) is 5.91 Å². The molecule has 0 saturated carbocycles. The van der Waals surface area contributed by atoms with E-state index in [0.717, 1.165) is 42.5 Å². The van der Waals surface area contributed by atoms with Crippen LogP contribution in [0.25, 0.3) is 11.3 Å². The molecule has 6 heteroatoms. The molecule has 0 radical (unpaired) electrons. The number of nitrogens with zero attached hydrogens (tertiary/aromatic N) is 1. The quantitative estimate of drug-likeness (QED) is 0.529. The Bertz CT molecular complexity index is 1010. The monoisotopic (exact) mass is 406 g/mol. The number of amides is 1. The summed E-state index contributed by atoms with van der Waals surface area (Å²) < 4.78 is 10.8. The smallest absolute Gasteiger partial charge is 0.255 e. The highest BCUT2D eigenvalue weighted by Gasteiger charge is 2.11. The fourth-order valence-corrected chi connectivity index (χ4v) is 3.19. The minimum atomic E-state index is -0.180. The number of ether oxygens (including phenoxy) is 1. The first-order valence-electron chi connectivity index (χ1n) is 9.77. The van der Waals surface area contributed by atoms with Crippen molar-refractivity contribution in [3.63, 3.8) is 0 Å². The fourth-order valence-electron chi connectivity index (χ4n) is 3.19. The molecule has 0 spiro atoms. The Morgan fingerprint density at radius 2 is 1.90 bits per heavy atom. The highest BCUT2D eigenvalue weighted by molar-refractivity contribution is 6.04. The van der Waals surface area contributed by atoms with Crippen molar-refractivity contribution < 1.29 is 18.7 Å². The largest absolute Gasteiger partial charge is 0.496 e. The van der Waals surface area contributed by atoms with Crippen molar-refractivity contribution in [2.75, 3.05) is 33.1 Å². The molecular formula is C24H26N2O4. The number of benzene rings is 2. The third-order valence-electron chi connectivity index (χ3n) is 4.78. The molecule has 0 aliphatic heterocycles. The first-order valence-corrected chi connectivity index (χ1v) is 9.77. The van der Waals surface area contributed by atoms with Gasteiger partial charge in [-0.15, -0.1) is 0 Å². The molecule has 0 fully saturated rings. The highest BCUT2D eigenvalue weighted by atomic mass is 16.5. The van der Waals surface area contributed by atoms with E-state index in [1.165, 1.54) is 6.26 Å². The number of carbonyl (C=O) groups excluding carboxylic acids is 2. The van der Waals surface area contributed by atoms with Gasteiger partial charge in [0.15, 0.2) is 6.29 Å². The third-order valence-corrected chi connectivity index (χ3v) is 4.78. The summed E-state index contributed by atoms with van der Waals surface area (Å²) in [7, 11) is 5.72. The van der Waals surface area contributed by atoms with E-state index in [1.807, 2.05) is 38.4 Å². The predicted octanol–water partition coefficient (Wildman–Crippen LogP) is 4.51. The van der Waals surface area contributed by atoms with Crippen LogP contribution in [0.2, 0.25) is 0 Å².